The lowest BCUT2D eigenvalue weighted by Crippen LogP contribution is -2.36. The number of rotatable bonds is 4. The van der Waals surface area contributed by atoms with Crippen LogP contribution in [-0.4, -0.2) is 50.7 Å². The van der Waals surface area contributed by atoms with Crippen molar-refractivity contribution in [3.8, 4) is 5.75 Å². The van der Waals surface area contributed by atoms with E-state index in [1.165, 1.54) is 17.5 Å². The van der Waals surface area contributed by atoms with Gasteiger partial charge in [0.05, 0.1) is 19.8 Å². The van der Waals surface area contributed by atoms with Crippen molar-refractivity contribution in [2.75, 3.05) is 26.8 Å². The standard InChI is InChI=1S/C14H21NO5S/c1-11-9-15(6-3-7-20-11)21(17,18)14-5-4-12(10-16)8-13(14)19-2/h4-5,8,11,16H,3,6-7,9-10H2,1-2H3. The normalized spacial score (nSPS) is 21.0. The molecule has 0 aromatic heterocycles. The maximum atomic E-state index is 12.8. The number of hydrogen-bond acceptors (Lipinski definition) is 5. The van der Waals surface area contributed by atoms with Gasteiger partial charge in [0, 0.05) is 19.7 Å². The van der Waals surface area contributed by atoms with Crippen LogP contribution in [0, 0.1) is 0 Å². The van der Waals surface area contributed by atoms with Gasteiger partial charge in [-0.05, 0) is 31.0 Å². The monoisotopic (exact) mass is 315 g/mol. The van der Waals surface area contributed by atoms with Gasteiger partial charge in [-0.2, -0.15) is 4.31 Å². The molecule has 1 heterocycles. The number of aliphatic hydroxyl groups is 1. The minimum absolute atomic E-state index is 0.122. The van der Waals surface area contributed by atoms with Crippen LogP contribution >= 0.6 is 0 Å². The van der Waals surface area contributed by atoms with Crippen molar-refractivity contribution in [3.63, 3.8) is 0 Å². The summed E-state index contributed by atoms with van der Waals surface area (Å²) in [7, 11) is -2.22. The van der Waals surface area contributed by atoms with Crippen molar-refractivity contribution in [3.05, 3.63) is 23.8 Å². The van der Waals surface area contributed by atoms with Gasteiger partial charge in [-0.25, -0.2) is 8.42 Å². The van der Waals surface area contributed by atoms with Gasteiger partial charge in [-0.1, -0.05) is 6.07 Å². The molecule has 0 saturated carbocycles. The lowest BCUT2D eigenvalue weighted by Gasteiger charge is -2.23. The Morgan fingerprint density at radius 1 is 1.48 bits per heavy atom. The summed E-state index contributed by atoms with van der Waals surface area (Å²) in [4.78, 5) is 0.122. The second-order valence-electron chi connectivity index (χ2n) is 5.04. The predicted octanol–water partition coefficient (Wildman–Crippen LogP) is 0.987. The maximum Gasteiger partial charge on any atom is 0.246 e. The molecule has 1 aliphatic rings. The summed E-state index contributed by atoms with van der Waals surface area (Å²) in [5.74, 6) is 0.249. The van der Waals surface area contributed by atoms with Crippen LogP contribution in [0.5, 0.6) is 5.75 Å². The van der Waals surface area contributed by atoms with E-state index in [0.717, 1.165) is 0 Å². The fourth-order valence-electron chi connectivity index (χ4n) is 2.34. The van der Waals surface area contributed by atoms with Crippen LogP contribution in [0.3, 0.4) is 0 Å². The molecule has 1 fully saturated rings. The number of benzene rings is 1. The Morgan fingerprint density at radius 3 is 2.90 bits per heavy atom. The average Bonchev–Trinajstić information content (AvgIpc) is 2.71. The molecule has 7 heteroatoms. The largest absolute Gasteiger partial charge is 0.495 e. The Bertz CT molecular complexity index is 587. The van der Waals surface area contributed by atoms with E-state index in [1.54, 1.807) is 12.1 Å². The lowest BCUT2D eigenvalue weighted by atomic mass is 10.2. The Hall–Kier alpha value is -1.15. The fraction of sp³-hybridized carbons (Fsp3) is 0.571. The number of hydrogen-bond donors (Lipinski definition) is 1. The Kier molecular flexibility index (Phi) is 5.21. The van der Waals surface area contributed by atoms with Gasteiger partial charge in [0.2, 0.25) is 10.0 Å². The lowest BCUT2D eigenvalue weighted by molar-refractivity contribution is 0.0752. The summed E-state index contributed by atoms with van der Waals surface area (Å²) in [6.07, 6.45) is 0.533. The van der Waals surface area contributed by atoms with E-state index in [2.05, 4.69) is 0 Å². The molecule has 0 radical (unpaired) electrons. The average molecular weight is 315 g/mol. The van der Waals surface area contributed by atoms with E-state index >= 15 is 0 Å². The van der Waals surface area contributed by atoms with E-state index in [-0.39, 0.29) is 23.4 Å². The van der Waals surface area contributed by atoms with Gasteiger partial charge in [-0.3, -0.25) is 0 Å². The van der Waals surface area contributed by atoms with Crippen molar-refractivity contribution in [1.29, 1.82) is 0 Å². The van der Waals surface area contributed by atoms with Crippen LogP contribution in [0.2, 0.25) is 0 Å². The van der Waals surface area contributed by atoms with Crippen molar-refractivity contribution in [2.45, 2.75) is 31.0 Å². The predicted molar refractivity (Wildman–Crippen MR) is 77.7 cm³/mol. The highest BCUT2D eigenvalue weighted by molar-refractivity contribution is 7.89. The Morgan fingerprint density at radius 2 is 2.24 bits per heavy atom. The van der Waals surface area contributed by atoms with Crippen LogP contribution < -0.4 is 4.74 Å². The minimum Gasteiger partial charge on any atom is -0.495 e. The van der Waals surface area contributed by atoms with Gasteiger partial charge in [0.25, 0.3) is 0 Å². The molecule has 21 heavy (non-hydrogen) atoms. The molecule has 1 aromatic rings. The van der Waals surface area contributed by atoms with Gasteiger partial charge >= 0.3 is 0 Å². The van der Waals surface area contributed by atoms with Gasteiger partial charge in [0.1, 0.15) is 10.6 Å². The number of ether oxygens (including phenoxy) is 2. The van der Waals surface area contributed by atoms with Gasteiger partial charge in [0.15, 0.2) is 0 Å². The number of sulfonamides is 1. The molecule has 1 aromatic carbocycles. The first-order valence-electron chi connectivity index (χ1n) is 6.88. The Balaban J connectivity index is 2.38. The van der Waals surface area contributed by atoms with Crippen LogP contribution in [0.25, 0.3) is 0 Å². The zero-order chi connectivity index (χ0) is 15.5. The Labute approximate surface area is 125 Å². The van der Waals surface area contributed by atoms with Gasteiger partial charge < -0.3 is 14.6 Å². The summed E-state index contributed by atoms with van der Waals surface area (Å²) in [6, 6.07) is 4.62. The number of nitrogens with zero attached hydrogens (tertiary/aromatic N) is 1. The molecule has 0 spiro atoms. The molecule has 6 nitrogen and oxygen atoms in total. The van der Waals surface area contributed by atoms with Crippen molar-refractivity contribution < 1.29 is 23.0 Å². The zero-order valence-electron chi connectivity index (χ0n) is 12.3. The maximum absolute atomic E-state index is 12.8. The van der Waals surface area contributed by atoms with E-state index in [4.69, 9.17) is 14.6 Å². The third-order valence-electron chi connectivity index (χ3n) is 3.44. The van der Waals surface area contributed by atoms with Crippen molar-refractivity contribution in [1.82, 2.24) is 4.31 Å². The minimum atomic E-state index is -3.64. The SMILES string of the molecule is COc1cc(CO)ccc1S(=O)(=O)N1CCCOC(C)C1. The van der Waals surface area contributed by atoms with E-state index in [9.17, 15) is 8.42 Å². The summed E-state index contributed by atoms with van der Waals surface area (Å²) in [5.41, 5.74) is 0.610. The third kappa shape index (κ3) is 3.55. The van der Waals surface area contributed by atoms with E-state index < -0.39 is 10.0 Å². The van der Waals surface area contributed by atoms with Gasteiger partial charge in [-0.15, -0.1) is 0 Å². The quantitative estimate of drug-likeness (QED) is 0.896. The highest BCUT2D eigenvalue weighted by Crippen LogP contribution is 2.28. The second-order valence-corrected chi connectivity index (χ2v) is 6.95. The molecular formula is C14H21NO5S. The molecule has 118 valence electrons. The third-order valence-corrected chi connectivity index (χ3v) is 5.35. The molecular weight excluding hydrogens is 294 g/mol. The van der Waals surface area contributed by atoms with E-state index in [1.807, 2.05) is 6.92 Å². The fourth-order valence-corrected chi connectivity index (χ4v) is 4.03. The highest BCUT2D eigenvalue weighted by atomic mass is 32.2. The number of methoxy groups -OCH3 is 1. The van der Waals surface area contributed by atoms with Crippen molar-refractivity contribution >= 4 is 10.0 Å². The first-order valence-corrected chi connectivity index (χ1v) is 8.32. The number of aliphatic hydroxyl groups excluding tert-OH is 1. The first kappa shape index (κ1) is 16.2. The summed E-state index contributed by atoms with van der Waals surface area (Å²) in [5, 5.41) is 9.14. The van der Waals surface area contributed by atoms with Crippen LogP contribution in [0.1, 0.15) is 18.9 Å². The van der Waals surface area contributed by atoms with Crippen LogP contribution in [-0.2, 0) is 21.4 Å². The molecule has 1 atom stereocenters. The highest BCUT2D eigenvalue weighted by Gasteiger charge is 2.30. The molecule has 1 aliphatic heterocycles. The van der Waals surface area contributed by atoms with Crippen molar-refractivity contribution in [2.24, 2.45) is 0 Å². The molecule has 1 saturated heterocycles. The molecule has 0 amide bonds. The first-order chi connectivity index (χ1) is 9.98. The van der Waals surface area contributed by atoms with Crippen LogP contribution in [0.15, 0.2) is 23.1 Å². The summed E-state index contributed by atoms with van der Waals surface area (Å²) >= 11 is 0. The summed E-state index contributed by atoms with van der Waals surface area (Å²) < 4.78 is 37.7. The molecule has 0 bridgehead atoms. The molecule has 1 unspecified atom stereocenters. The second kappa shape index (κ2) is 6.74. The molecule has 0 aliphatic carbocycles. The van der Waals surface area contributed by atoms with E-state index in [0.29, 0.717) is 31.7 Å². The van der Waals surface area contributed by atoms with Crippen LogP contribution in [0.4, 0.5) is 0 Å². The topological polar surface area (TPSA) is 76.1 Å². The zero-order valence-corrected chi connectivity index (χ0v) is 13.1. The smallest absolute Gasteiger partial charge is 0.246 e. The summed E-state index contributed by atoms with van der Waals surface area (Å²) in [6.45, 7) is 3.02. The molecule has 2 rings (SSSR count). The molecule has 1 N–H and O–H groups in total.